The second-order valence-electron chi connectivity index (χ2n) is 4.64. The van der Waals surface area contributed by atoms with Gasteiger partial charge in [-0.25, -0.2) is 8.78 Å². The first kappa shape index (κ1) is 19.4. The summed E-state index contributed by atoms with van der Waals surface area (Å²) in [6.45, 7) is 4.07. The molecule has 3 nitrogen and oxygen atoms in total. The van der Waals surface area contributed by atoms with Gasteiger partial charge in [-0.1, -0.05) is 6.07 Å². The van der Waals surface area contributed by atoms with Gasteiger partial charge in [0.2, 0.25) is 0 Å². The van der Waals surface area contributed by atoms with Crippen molar-refractivity contribution in [2.75, 3.05) is 32.9 Å². The Morgan fingerprint density at radius 2 is 1.90 bits per heavy atom. The number of benzene rings is 1. The van der Waals surface area contributed by atoms with Crippen molar-refractivity contribution in [2.45, 2.75) is 13.0 Å². The van der Waals surface area contributed by atoms with E-state index in [9.17, 15) is 13.9 Å². The monoisotopic (exact) mass is 328 g/mol. The SMILES string of the molecule is Cc1cc(F)c(O)c([C@H](CF)N2CCNCC2)c1.Cl.Cl. The second-order valence-corrected chi connectivity index (χ2v) is 4.64. The maximum atomic E-state index is 13.5. The molecule has 0 saturated carbocycles. The van der Waals surface area contributed by atoms with Gasteiger partial charge in [-0.05, 0) is 18.6 Å². The van der Waals surface area contributed by atoms with Gasteiger partial charge in [-0.15, -0.1) is 24.8 Å². The van der Waals surface area contributed by atoms with E-state index in [-0.39, 0.29) is 24.8 Å². The molecule has 2 rings (SSSR count). The molecule has 0 bridgehead atoms. The Labute approximate surface area is 130 Å². The van der Waals surface area contributed by atoms with Gasteiger partial charge in [0.15, 0.2) is 11.6 Å². The molecule has 0 aliphatic carbocycles. The van der Waals surface area contributed by atoms with E-state index in [0.717, 1.165) is 13.1 Å². The Morgan fingerprint density at radius 1 is 1.30 bits per heavy atom. The highest BCUT2D eigenvalue weighted by Gasteiger charge is 2.25. The summed E-state index contributed by atoms with van der Waals surface area (Å²) in [6.07, 6.45) is 0. The summed E-state index contributed by atoms with van der Waals surface area (Å²) in [5.74, 6) is -1.11. The number of nitrogens with one attached hydrogen (secondary N) is 1. The van der Waals surface area contributed by atoms with E-state index in [0.29, 0.717) is 24.2 Å². The van der Waals surface area contributed by atoms with Crippen molar-refractivity contribution in [3.8, 4) is 5.75 Å². The first-order valence-corrected chi connectivity index (χ1v) is 6.13. The largest absolute Gasteiger partial charge is 0.505 e. The molecule has 1 saturated heterocycles. The van der Waals surface area contributed by atoms with Crippen LogP contribution in [0.2, 0.25) is 0 Å². The lowest BCUT2D eigenvalue weighted by Gasteiger charge is -2.34. The second kappa shape index (κ2) is 8.62. The predicted molar refractivity (Wildman–Crippen MR) is 80.5 cm³/mol. The number of phenolic OH excluding ortho intramolecular Hbond substituents is 1. The van der Waals surface area contributed by atoms with Crippen LogP contribution in [0.3, 0.4) is 0 Å². The van der Waals surface area contributed by atoms with Crippen LogP contribution in [0, 0.1) is 12.7 Å². The number of aromatic hydroxyl groups is 1. The normalized spacial score (nSPS) is 16.9. The van der Waals surface area contributed by atoms with Gasteiger partial charge in [-0.2, -0.15) is 0 Å². The van der Waals surface area contributed by atoms with Crippen LogP contribution in [0.4, 0.5) is 8.78 Å². The zero-order chi connectivity index (χ0) is 13.1. The Bertz CT molecular complexity index is 429. The lowest BCUT2D eigenvalue weighted by molar-refractivity contribution is 0.144. The van der Waals surface area contributed by atoms with Crippen molar-refractivity contribution in [3.05, 3.63) is 29.1 Å². The summed E-state index contributed by atoms with van der Waals surface area (Å²) in [4.78, 5) is 1.93. The molecule has 1 fully saturated rings. The molecule has 20 heavy (non-hydrogen) atoms. The number of aryl methyl sites for hydroxylation is 1. The van der Waals surface area contributed by atoms with Crippen molar-refractivity contribution in [2.24, 2.45) is 0 Å². The number of hydrogen-bond donors (Lipinski definition) is 2. The number of alkyl halides is 1. The first-order valence-electron chi connectivity index (χ1n) is 6.13. The van der Waals surface area contributed by atoms with Crippen molar-refractivity contribution < 1.29 is 13.9 Å². The molecule has 0 radical (unpaired) electrons. The van der Waals surface area contributed by atoms with Gasteiger partial charge < -0.3 is 10.4 Å². The third kappa shape index (κ3) is 4.19. The smallest absolute Gasteiger partial charge is 0.165 e. The maximum absolute atomic E-state index is 13.5. The van der Waals surface area contributed by atoms with Gasteiger partial charge in [0.05, 0.1) is 6.04 Å². The molecule has 1 aliphatic heterocycles. The van der Waals surface area contributed by atoms with E-state index in [2.05, 4.69) is 5.32 Å². The quantitative estimate of drug-likeness (QED) is 0.895. The van der Waals surface area contributed by atoms with Crippen LogP contribution in [-0.4, -0.2) is 42.9 Å². The summed E-state index contributed by atoms with van der Waals surface area (Å²) in [6, 6.07) is 2.35. The molecule has 2 N–H and O–H groups in total. The van der Waals surface area contributed by atoms with Gasteiger partial charge in [0.25, 0.3) is 0 Å². The molecule has 116 valence electrons. The zero-order valence-electron chi connectivity index (χ0n) is 11.2. The Kier molecular flexibility index (Phi) is 8.35. The van der Waals surface area contributed by atoms with Crippen LogP contribution in [0.15, 0.2) is 12.1 Å². The molecule has 0 amide bonds. The third-order valence-electron chi connectivity index (χ3n) is 3.33. The van der Waals surface area contributed by atoms with Crippen molar-refractivity contribution in [1.82, 2.24) is 10.2 Å². The standard InChI is InChI=1S/C13H18F2N2O.2ClH/c1-9-6-10(13(18)11(15)7-9)12(8-14)17-4-2-16-3-5-17;;/h6-7,12,16,18H,2-5,8H2,1H3;2*1H/t12-;;/m0../s1. The molecule has 7 heteroatoms. The fourth-order valence-corrected chi connectivity index (χ4v) is 2.39. The average Bonchev–Trinajstić information content (AvgIpc) is 2.37. The molecule has 1 atom stereocenters. The van der Waals surface area contributed by atoms with Crippen LogP contribution in [0.1, 0.15) is 17.2 Å². The topological polar surface area (TPSA) is 35.5 Å². The van der Waals surface area contributed by atoms with E-state index in [4.69, 9.17) is 0 Å². The summed E-state index contributed by atoms with van der Waals surface area (Å²) < 4.78 is 26.8. The highest BCUT2D eigenvalue weighted by Crippen LogP contribution is 2.32. The average molecular weight is 329 g/mol. The number of halogens is 4. The summed E-state index contributed by atoms with van der Waals surface area (Å²) in [5, 5.41) is 13.0. The Balaban J connectivity index is 0.00000180. The van der Waals surface area contributed by atoms with Crippen LogP contribution < -0.4 is 5.32 Å². The number of nitrogens with zero attached hydrogens (tertiary/aromatic N) is 1. The van der Waals surface area contributed by atoms with Crippen molar-refractivity contribution >= 4 is 24.8 Å². The van der Waals surface area contributed by atoms with Crippen LogP contribution >= 0.6 is 24.8 Å². The number of phenols is 1. The molecule has 1 aromatic rings. The Morgan fingerprint density at radius 3 is 2.45 bits per heavy atom. The number of piperazine rings is 1. The molecule has 1 heterocycles. The van der Waals surface area contributed by atoms with Gasteiger partial charge in [0, 0.05) is 31.7 Å². The minimum atomic E-state index is -0.682. The predicted octanol–water partition coefficient (Wildman–Crippen LogP) is 2.60. The lowest BCUT2D eigenvalue weighted by atomic mass is 10.0. The first-order chi connectivity index (χ1) is 8.63. The van der Waals surface area contributed by atoms with Crippen LogP contribution in [-0.2, 0) is 0 Å². The third-order valence-corrected chi connectivity index (χ3v) is 3.33. The van der Waals surface area contributed by atoms with Crippen LogP contribution in [0.5, 0.6) is 5.75 Å². The van der Waals surface area contributed by atoms with E-state index in [1.807, 2.05) is 4.90 Å². The molecule has 0 aromatic heterocycles. The van der Waals surface area contributed by atoms with Crippen LogP contribution in [0.25, 0.3) is 0 Å². The molecular formula is C13H20Cl2F2N2O. The molecule has 1 aliphatic rings. The van der Waals surface area contributed by atoms with Gasteiger partial charge >= 0.3 is 0 Å². The molecular weight excluding hydrogens is 309 g/mol. The number of rotatable bonds is 3. The molecule has 0 unspecified atom stereocenters. The zero-order valence-corrected chi connectivity index (χ0v) is 12.9. The molecule has 0 spiro atoms. The minimum Gasteiger partial charge on any atom is -0.505 e. The maximum Gasteiger partial charge on any atom is 0.165 e. The highest BCUT2D eigenvalue weighted by atomic mass is 35.5. The van der Waals surface area contributed by atoms with Gasteiger partial charge in [-0.3, -0.25) is 4.90 Å². The van der Waals surface area contributed by atoms with Gasteiger partial charge in [0.1, 0.15) is 6.67 Å². The summed E-state index contributed by atoms with van der Waals surface area (Å²) in [5.41, 5.74) is 1.03. The van der Waals surface area contributed by atoms with E-state index in [1.165, 1.54) is 6.07 Å². The Hall–Kier alpha value is -0.620. The number of hydrogen-bond acceptors (Lipinski definition) is 3. The minimum absolute atomic E-state index is 0. The van der Waals surface area contributed by atoms with E-state index in [1.54, 1.807) is 13.0 Å². The fraction of sp³-hybridized carbons (Fsp3) is 0.538. The highest BCUT2D eigenvalue weighted by molar-refractivity contribution is 5.85. The lowest BCUT2D eigenvalue weighted by Crippen LogP contribution is -2.45. The van der Waals surface area contributed by atoms with E-state index >= 15 is 0 Å². The fourth-order valence-electron chi connectivity index (χ4n) is 2.39. The summed E-state index contributed by atoms with van der Waals surface area (Å²) in [7, 11) is 0. The summed E-state index contributed by atoms with van der Waals surface area (Å²) >= 11 is 0. The molecule has 1 aromatic carbocycles. The van der Waals surface area contributed by atoms with Crippen molar-refractivity contribution in [3.63, 3.8) is 0 Å². The van der Waals surface area contributed by atoms with E-state index < -0.39 is 24.3 Å². The van der Waals surface area contributed by atoms with Crippen molar-refractivity contribution in [1.29, 1.82) is 0 Å².